The number of hydrogen-bond donors (Lipinski definition) is 2. The van der Waals surface area contributed by atoms with Crippen LogP contribution in [0.1, 0.15) is 22.3 Å². The van der Waals surface area contributed by atoms with Crippen molar-refractivity contribution in [1.82, 2.24) is 10.6 Å². The number of ether oxygens (including phenoxy) is 2. The van der Waals surface area contributed by atoms with Crippen molar-refractivity contribution < 1.29 is 9.47 Å². The number of nitrogens with one attached hydrogen (secondary N) is 2. The average molecular weight is 499 g/mol. The first kappa shape index (κ1) is 25.4. The molecule has 0 fully saturated rings. The normalized spacial score (nSPS) is 14.0. The highest BCUT2D eigenvalue weighted by atomic mass is 35.5. The van der Waals surface area contributed by atoms with Crippen molar-refractivity contribution in [2.75, 3.05) is 26.2 Å². The highest BCUT2D eigenvalue weighted by Gasteiger charge is 2.10. The molecular weight excluding hydrogens is 471 g/mol. The van der Waals surface area contributed by atoms with Gasteiger partial charge in [-0.2, -0.15) is 0 Å². The minimum atomic E-state index is 0. The van der Waals surface area contributed by atoms with E-state index in [2.05, 4.69) is 44.9 Å². The van der Waals surface area contributed by atoms with Crippen molar-refractivity contribution in [2.45, 2.75) is 13.2 Å². The van der Waals surface area contributed by atoms with Gasteiger partial charge >= 0.3 is 0 Å². The molecule has 0 radical (unpaired) electrons. The summed E-state index contributed by atoms with van der Waals surface area (Å²) in [5.41, 5.74) is 4.35. The molecule has 0 spiro atoms. The lowest BCUT2D eigenvalue weighted by atomic mass is 10.1. The molecular formula is C26H28Cl2N4O2. The molecule has 0 aromatic heterocycles. The maximum Gasteiger partial charge on any atom is 0.128 e. The SMILES string of the molecule is Cl.Cl.c1cc(OCc2ccc(COc3cccc(C4=NCCN4)c3)cc2)cc(C2=NCCN2)c1. The quantitative estimate of drug-likeness (QED) is 0.483. The van der Waals surface area contributed by atoms with E-state index in [4.69, 9.17) is 9.47 Å². The second-order valence-electron chi connectivity index (χ2n) is 7.76. The van der Waals surface area contributed by atoms with Crippen LogP contribution in [0.25, 0.3) is 0 Å². The minimum absolute atomic E-state index is 0. The van der Waals surface area contributed by atoms with E-state index in [1.165, 1.54) is 0 Å². The topological polar surface area (TPSA) is 67.2 Å². The molecule has 2 N–H and O–H groups in total. The van der Waals surface area contributed by atoms with Crippen molar-refractivity contribution in [3.63, 3.8) is 0 Å². The van der Waals surface area contributed by atoms with Gasteiger partial charge in [-0.05, 0) is 35.4 Å². The zero-order valence-electron chi connectivity index (χ0n) is 18.7. The lowest BCUT2D eigenvalue weighted by Gasteiger charge is -2.10. The van der Waals surface area contributed by atoms with Gasteiger partial charge in [0.1, 0.15) is 36.4 Å². The first-order valence-electron chi connectivity index (χ1n) is 10.9. The molecule has 0 saturated heterocycles. The van der Waals surface area contributed by atoms with Gasteiger partial charge in [0.15, 0.2) is 0 Å². The summed E-state index contributed by atoms with van der Waals surface area (Å²) in [6.45, 7) is 4.48. The van der Waals surface area contributed by atoms with Gasteiger partial charge in [-0.15, -0.1) is 24.8 Å². The molecule has 6 nitrogen and oxygen atoms in total. The first-order valence-corrected chi connectivity index (χ1v) is 10.9. The Morgan fingerprint density at radius 3 is 1.44 bits per heavy atom. The molecule has 178 valence electrons. The van der Waals surface area contributed by atoms with E-state index >= 15 is 0 Å². The van der Waals surface area contributed by atoms with Gasteiger partial charge in [0.2, 0.25) is 0 Å². The first-order chi connectivity index (χ1) is 15.8. The molecule has 2 aliphatic rings. The summed E-state index contributed by atoms with van der Waals surface area (Å²) in [6, 6.07) is 24.4. The molecule has 8 heteroatoms. The Labute approximate surface area is 212 Å². The van der Waals surface area contributed by atoms with Gasteiger partial charge < -0.3 is 20.1 Å². The minimum Gasteiger partial charge on any atom is -0.489 e. The average Bonchev–Trinajstić information content (AvgIpc) is 3.57. The predicted octanol–water partition coefficient (Wildman–Crippen LogP) is 4.39. The van der Waals surface area contributed by atoms with Gasteiger partial charge in [-0.3, -0.25) is 9.98 Å². The Kier molecular flexibility index (Phi) is 9.19. The van der Waals surface area contributed by atoms with Crippen molar-refractivity contribution in [3.05, 3.63) is 95.1 Å². The Bertz CT molecular complexity index is 1060. The molecule has 0 aliphatic carbocycles. The molecule has 34 heavy (non-hydrogen) atoms. The number of amidine groups is 2. The van der Waals surface area contributed by atoms with E-state index in [9.17, 15) is 0 Å². The van der Waals surface area contributed by atoms with Crippen LogP contribution < -0.4 is 20.1 Å². The second kappa shape index (κ2) is 12.3. The summed E-state index contributed by atoms with van der Waals surface area (Å²) in [5.74, 6) is 3.57. The molecule has 5 rings (SSSR count). The maximum absolute atomic E-state index is 5.99. The van der Waals surface area contributed by atoms with E-state index in [0.29, 0.717) is 13.2 Å². The molecule has 3 aromatic rings. The Morgan fingerprint density at radius 2 is 1.06 bits per heavy atom. The number of benzene rings is 3. The summed E-state index contributed by atoms with van der Waals surface area (Å²) in [7, 11) is 0. The number of halogens is 2. The van der Waals surface area contributed by atoms with Crippen LogP contribution in [0.4, 0.5) is 0 Å². The van der Waals surface area contributed by atoms with Crippen LogP contribution in [-0.4, -0.2) is 37.9 Å². The molecule has 0 atom stereocenters. The van der Waals surface area contributed by atoms with Crippen LogP contribution in [0.3, 0.4) is 0 Å². The number of hydrogen-bond acceptors (Lipinski definition) is 6. The van der Waals surface area contributed by atoms with Crippen molar-refractivity contribution in [2.24, 2.45) is 9.98 Å². The molecule has 2 aliphatic heterocycles. The number of nitrogens with zero attached hydrogens (tertiary/aromatic N) is 2. The largest absolute Gasteiger partial charge is 0.489 e. The predicted molar refractivity (Wildman–Crippen MR) is 141 cm³/mol. The number of rotatable bonds is 8. The third-order valence-corrected chi connectivity index (χ3v) is 5.40. The maximum atomic E-state index is 5.99. The standard InChI is InChI=1S/C26H26N4O2.2ClH/c1-3-21(25-27-11-12-28-25)15-23(5-1)31-17-19-7-9-20(10-8-19)18-32-24-6-2-4-22(16-24)26-29-13-14-30-26;;/h1-10,15-16H,11-14,17-18H2,(H,27,28)(H,29,30);2*1H. The molecule has 0 saturated carbocycles. The van der Waals surface area contributed by atoms with E-state index in [-0.39, 0.29) is 24.8 Å². The summed E-state index contributed by atoms with van der Waals surface area (Å²) in [4.78, 5) is 8.94. The smallest absolute Gasteiger partial charge is 0.128 e. The lowest BCUT2D eigenvalue weighted by Crippen LogP contribution is -2.19. The number of aliphatic imine (C=N–C) groups is 2. The molecule has 0 amide bonds. The summed E-state index contributed by atoms with van der Waals surface area (Å²) < 4.78 is 12.0. The fourth-order valence-electron chi connectivity index (χ4n) is 3.71. The Morgan fingerprint density at radius 1 is 0.618 bits per heavy atom. The van der Waals surface area contributed by atoms with E-state index < -0.39 is 0 Å². The van der Waals surface area contributed by atoms with Gasteiger partial charge in [0.25, 0.3) is 0 Å². The van der Waals surface area contributed by atoms with Crippen LogP contribution in [0.15, 0.2) is 82.8 Å². The molecule has 0 unspecified atom stereocenters. The van der Waals surface area contributed by atoms with E-state index in [1.54, 1.807) is 0 Å². The highest BCUT2D eigenvalue weighted by Crippen LogP contribution is 2.18. The summed E-state index contributed by atoms with van der Waals surface area (Å²) in [6.07, 6.45) is 0. The molecule has 0 bridgehead atoms. The van der Waals surface area contributed by atoms with Crippen molar-refractivity contribution >= 4 is 36.5 Å². The third-order valence-electron chi connectivity index (χ3n) is 5.40. The van der Waals surface area contributed by atoms with Crippen molar-refractivity contribution in [1.29, 1.82) is 0 Å². The highest BCUT2D eigenvalue weighted by molar-refractivity contribution is 6.00. The van der Waals surface area contributed by atoms with Gasteiger partial charge in [0.05, 0.1) is 13.1 Å². The summed E-state index contributed by atoms with van der Waals surface area (Å²) >= 11 is 0. The van der Waals surface area contributed by atoms with Crippen LogP contribution >= 0.6 is 24.8 Å². The van der Waals surface area contributed by atoms with E-state index in [1.807, 2.05) is 48.5 Å². The Hall–Kier alpha value is -3.22. The fraction of sp³-hybridized carbons (Fsp3) is 0.231. The lowest BCUT2D eigenvalue weighted by molar-refractivity contribution is 0.302. The molecule has 3 aromatic carbocycles. The second-order valence-corrected chi connectivity index (χ2v) is 7.76. The van der Waals surface area contributed by atoms with Gasteiger partial charge in [-0.25, -0.2) is 0 Å². The van der Waals surface area contributed by atoms with Gasteiger partial charge in [0, 0.05) is 24.2 Å². The zero-order valence-corrected chi connectivity index (χ0v) is 20.3. The zero-order chi connectivity index (χ0) is 21.6. The summed E-state index contributed by atoms with van der Waals surface area (Å²) in [5, 5.41) is 6.59. The van der Waals surface area contributed by atoms with Crippen molar-refractivity contribution in [3.8, 4) is 11.5 Å². The van der Waals surface area contributed by atoms with Crippen LogP contribution in [0.5, 0.6) is 11.5 Å². The van der Waals surface area contributed by atoms with Gasteiger partial charge in [-0.1, -0.05) is 48.5 Å². The van der Waals surface area contributed by atoms with Crippen LogP contribution in [0, 0.1) is 0 Å². The monoisotopic (exact) mass is 498 g/mol. The Balaban J connectivity index is 0.00000162. The fourth-order valence-corrected chi connectivity index (χ4v) is 3.71. The van der Waals surface area contributed by atoms with Crippen LogP contribution in [-0.2, 0) is 13.2 Å². The third kappa shape index (κ3) is 6.43. The van der Waals surface area contributed by atoms with Crippen LogP contribution in [0.2, 0.25) is 0 Å². The van der Waals surface area contributed by atoms with E-state index in [0.717, 1.165) is 71.6 Å². The molecule has 2 heterocycles.